The summed E-state index contributed by atoms with van der Waals surface area (Å²) in [6, 6.07) is 3.79. The average Bonchev–Trinajstić information content (AvgIpc) is 2.74. The van der Waals surface area contributed by atoms with E-state index in [2.05, 4.69) is 22.1 Å². The first-order chi connectivity index (χ1) is 6.79. The predicted molar refractivity (Wildman–Crippen MR) is 52.8 cm³/mol. The van der Waals surface area contributed by atoms with Gasteiger partial charge in [-0.25, -0.2) is 4.98 Å². The number of aromatic amines is 1. The van der Waals surface area contributed by atoms with E-state index in [4.69, 9.17) is 4.42 Å². The third-order valence-corrected chi connectivity index (χ3v) is 1.98. The van der Waals surface area contributed by atoms with E-state index in [-0.39, 0.29) is 0 Å². The van der Waals surface area contributed by atoms with Gasteiger partial charge in [0.2, 0.25) is 5.82 Å². The van der Waals surface area contributed by atoms with Gasteiger partial charge in [0, 0.05) is 6.42 Å². The van der Waals surface area contributed by atoms with Crippen LogP contribution < -0.4 is 0 Å². The van der Waals surface area contributed by atoms with Crippen molar-refractivity contribution in [2.24, 2.45) is 0 Å². The van der Waals surface area contributed by atoms with Gasteiger partial charge in [-0.2, -0.15) is 5.10 Å². The summed E-state index contributed by atoms with van der Waals surface area (Å²) >= 11 is 0. The molecule has 2 aromatic heterocycles. The fraction of sp³-hybridized carbons (Fsp3) is 0.400. The lowest BCUT2D eigenvalue weighted by Gasteiger charge is -1.87. The molecule has 0 saturated heterocycles. The number of nitrogens with zero attached hydrogens (tertiary/aromatic N) is 2. The number of rotatable bonds is 3. The van der Waals surface area contributed by atoms with E-state index in [9.17, 15) is 0 Å². The number of aryl methyl sites for hydroxylation is 2. The first-order valence-corrected chi connectivity index (χ1v) is 4.77. The first-order valence-electron chi connectivity index (χ1n) is 4.77. The summed E-state index contributed by atoms with van der Waals surface area (Å²) in [6.45, 7) is 4.02. The highest BCUT2D eigenvalue weighted by atomic mass is 16.3. The molecule has 0 atom stereocenters. The second-order valence-corrected chi connectivity index (χ2v) is 3.27. The molecule has 0 spiro atoms. The van der Waals surface area contributed by atoms with Crippen molar-refractivity contribution in [1.82, 2.24) is 15.2 Å². The van der Waals surface area contributed by atoms with Crippen molar-refractivity contribution in [3.05, 3.63) is 23.7 Å². The highest BCUT2D eigenvalue weighted by Crippen LogP contribution is 2.17. The van der Waals surface area contributed by atoms with Gasteiger partial charge in [-0.1, -0.05) is 6.92 Å². The number of hydrogen-bond donors (Lipinski definition) is 1. The van der Waals surface area contributed by atoms with E-state index in [0.29, 0.717) is 5.82 Å². The van der Waals surface area contributed by atoms with E-state index in [1.807, 2.05) is 19.1 Å². The van der Waals surface area contributed by atoms with Crippen molar-refractivity contribution in [3.8, 4) is 11.6 Å². The molecule has 14 heavy (non-hydrogen) atoms. The number of nitrogens with one attached hydrogen (secondary N) is 1. The van der Waals surface area contributed by atoms with Crippen molar-refractivity contribution in [1.29, 1.82) is 0 Å². The lowest BCUT2D eigenvalue weighted by molar-refractivity contribution is 0.544. The largest absolute Gasteiger partial charge is 0.458 e. The number of hydrogen-bond acceptors (Lipinski definition) is 3. The maximum Gasteiger partial charge on any atom is 0.216 e. The minimum Gasteiger partial charge on any atom is -0.458 e. The van der Waals surface area contributed by atoms with E-state index in [1.54, 1.807) is 0 Å². The Morgan fingerprint density at radius 1 is 1.43 bits per heavy atom. The summed E-state index contributed by atoms with van der Waals surface area (Å²) in [7, 11) is 0. The van der Waals surface area contributed by atoms with Crippen molar-refractivity contribution >= 4 is 0 Å². The van der Waals surface area contributed by atoms with Crippen LogP contribution in [0.3, 0.4) is 0 Å². The Kier molecular flexibility index (Phi) is 2.35. The molecular weight excluding hydrogens is 178 g/mol. The van der Waals surface area contributed by atoms with Crippen LogP contribution in [0.25, 0.3) is 11.6 Å². The molecule has 2 aromatic rings. The zero-order valence-electron chi connectivity index (χ0n) is 8.37. The van der Waals surface area contributed by atoms with Gasteiger partial charge < -0.3 is 4.42 Å². The van der Waals surface area contributed by atoms with Crippen LogP contribution >= 0.6 is 0 Å². The van der Waals surface area contributed by atoms with E-state index in [0.717, 1.165) is 30.2 Å². The molecule has 2 rings (SSSR count). The average molecular weight is 191 g/mol. The lowest BCUT2D eigenvalue weighted by atomic mass is 10.3. The maximum atomic E-state index is 5.42. The second kappa shape index (κ2) is 3.65. The summed E-state index contributed by atoms with van der Waals surface area (Å²) in [5, 5.41) is 6.98. The maximum absolute atomic E-state index is 5.42. The van der Waals surface area contributed by atoms with Crippen LogP contribution in [0.15, 0.2) is 16.5 Å². The molecule has 4 nitrogen and oxygen atoms in total. The fourth-order valence-electron chi connectivity index (χ4n) is 1.31. The van der Waals surface area contributed by atoms with Crippen molar-refractivity contribution in [3.63, 3.8) is 0 Å². The van der Waals surface area contributed by atoms with Gasteiger partial charge in [-0.15, -0.1) is 0 Å². The summed E-state index contributed by atoms with van der Waals surface area (Å²) < 4.78 is 5.42. The fourth-order valence-corrected chi connectivity index (χ4v) is 1.31. The Balaban J connectivity index is 2.24. The summed E-state index contributed by atoms with van der Waals surface area (Å²) in [5.74, 6) is 3.15. The third-order valence-electron chi connectivity index (χ3n) is 1.98. The quantitative estimate of drug-likeness (QED) is 0.810. The van der Waals surface area contributed by atoms with Crippen LogP contribution in [0.2, 0.25) is 0 Å². The van der Waals surface area contributed by atoms with Crippen LogP contribution in [0.5, 0.6) is 0 Å². The normalized spacial score (nSPS) is 10.7. The van der Waals surface area contributed by atoms with Gasteiger partial charge in [0.15, 0.2) is 5.76 Å². The summed E-state index contributed by atoms with van der Waals surface area (Å²) in [5.41, 5.74) is 0. The first kappa shape index (κ1) is 8.99. The smallest absolute Gasteiger partial charge is 0.216 e. The summed E-state index contributed by atoms with van der Waals surface area (Å²) in [6.07, 6.45) is 1.98. The lowest BCUT2D eigenvalue weighted by Crippen LogP contribution is -1.84. The molecule has 0 bridgehead atoms. The highest BCUT2D eigenvalue weighted by Gasteiger charge is 2.08. The Morgan fingerprint density at radius 2 is 2.29 bits per heavy atom. The minimum atomic E-state index is 0.640. The molecule has 0 aromatic carbocycles. The van der Waals surface area contributed by atoms with Gasteiger partial charge in [0.05, 0.1) is 0 Å². The topological polar surface area (TPSA) is 54.7 Å². The Morgan fingerprint density at radius 3 is 2.93 bits per heavy atom. The van der Waals surface area contributed by atoms with Crippen LogP contribution in [0.1, 0.15) is 24.9 Å². The standard InChI is InChI=1S/C10H13N3O/c1-3-4-9-11-10(13-12-9)8-6-5-7(2)14-8/h5-6H,3-4H2,1-2H3,(H,11,12,13). The number of aromatic nitrogens is 3. The Bertz CT molecular complexity index is 416. The molecule has 74 valence electrons. The van der Waals surface area contributed by atoms with E-state index >= 15 is 0 Å². The van der Waals surface area contributed by atoms with Crippen molar-refractivity contribution in [2.45, 2.75) is 26.7 Å². The van der Waals surface area contributed by atoms with Crippen LogP contribution in [-0.2, 0) is 6.42 Å². The molecule has 4 heteroatoms. The SMILES string of the molecule is CCCc1nc(-c2ccc(C)o2)n[nH]1. The molecule has 1 N–H and O–H groups in total. The molecule has 0 radical (unpaired) electrons. The predicted octanol–water partition coefficient (Wildman–Crippen LogP) is 2.33. The zero-order chi connectivity index (χ0) is 9.97. The Hall–Kier alpha value is -1.58. The molecule has 0 aliphatic carbocycles. The van der Waals surface area contributed by atoms with Crippen molar-refractivity contribution < 1.29 is 4.42 Å². The highest BCUT2D eigenvalue weighted by molar-refractivity contribution is 5.46. The van der Waals surface area contributed by atoms with Gasteiger partial charge in [-0.05, 0) is 25.5 Å². The molecule has 0 fully saturated rings. The molecular formula is C10H13N3O. The number of furan rings is 1. The molecule has 2 heterocycles. The van der Waals surface area contributed by atoms with E-state index < -0.39 is 0 Å². The van der Waals surface area contributed by atoms with Gasteiger partial charge >= 0.3 is 0 Å². The van der Waals surface area contributed by atoms with Crippen LogP contribution in [-0.4, -0.2) is 15.2 Å². The molecule has 0 unspecified atom stereocenters. The van der Waals surface area contributed by atoms with E-state index in [1.165, 1.54) is 0 Å². The number of H-pyrrole nitrogens is 1. The molecule has 0 amide bonds. The van der Waals surface area contributed by atoms with Crippen LogP contribution in [0, 0.1) is 6.92 Å². The zero-order valence-corrected chi connectivity index (χ0v) is 8.37. The van der Waals surface area contributed by atoms with Gasteiger partial charge in [-0.3, -0.25) is 5.10 Å². The van der Waals surface area contributed by atoms with Gasteiger partial charge in [0.25, 0.3) is 0 Å². The second-order valence-electron chi connectivity index (χ2n) is 3.27. The van der Waals surface area contributed by atoms with Crippen molar-refractivity contribution in [2.75, 3.05) is 0 Å². The Labute approximate surface area is 82.4 Å². The monoisotopic (exact) mass is 191 g/mol. The minimum absolute atomic E-state index is 0.640. The van der Waals surface area contributed by atoms with Gasteiger partial charge in [0.1, 0.15) is 11.6 Å². The molecule has 0 aliphatic heterocycles. The molecule has 0 saturated carbocycles. The van der Waals surface area contributed by atoms with Crippen LogP contribution in [0.4, 0.5) is 0 Å². The third kappa shape index (κ3) is 1.69. The summed E-state index contributed by atoms with van der Waals surface area (Å²) in [4.78, 5) is 4.32. The molecule has 0 aliphatic rings.